The summed E-state index contributed by atoms with van der Waals surface area (Å²) < 4.78 is 11.8. The lowest BCUT2D eigenvalue weighted by atomic mass is 10.1. The molecule has 0 radical (unpaired) electrons. The molecule has 1 amide bonds. The number of hydrogen-bond acceptors (Lipinski definition) is 7. The first-order chi connectivity index (χ1) is 14.6. The van der Waals surface area contributed by atoms with Gasteiger partial charge in [0.1, 0.15) is 17.4 Å². The summed E-state index contributed by atoms with van der Waals surface area (Å²) >= 11 is 0. The second-order valence-electron chi connectivity index (χ2n) is 7.22. The summed E-state index contributed by atoms with van der Waals surface area (Å²) in [6.45, 7) is 3.04. The van der Waals surface area contributed by atoms with E-state index >= 15 is 0 Å². The van der Waals surface area contributed by atoms with Crippen LogP contribution in [0.25, 0.3) is 22.2 Å². The molecule has 9 heteroatoms. The van der Waals surface area contributed by atoms with Crippen molar-refractivity contribution in [3.05, 3.63) is 48.0 Å². The molecular weight excluding hydrogens is 384 g/mol. The average Bonchev–Trinajstić information content (AvgIpc) is 3.19. The number of aromatic nitrogens is 1. The number of amides is 1. The summed E-state index contributed by atoms with van der Waals surface area (Å²) in [5, 5.41) is 8.61. The Morgan fingerprint density at radius 2 is 2.07 bits per heavy atom. The van der Waals surface area contributed by atoms with Crippen LogP contribution < -0.4 is 21.8 Å². The minimum absolute atomic E-state index is 0.0767. The Bertz CT molecular complexity index is 1090. The van der Waals surface area contributed by atoms with Crippen LogP contribution in [0.3, 0.4) is 0 Å². The van der Waals surface area contributed by atoms with E-state index in [1.54, 1.807) is 6.92 Å². The average molecular weight is 408 g/mol. The Balaban J connectivity index is 1.57. The fraction of sp³-hybridized carbons (Fsp3) is 0.286. The molecule has 3 aromatic rings. The second kappa shape index (κ2) is 8.42. The predicted octanol–water partition coefficient (Wildman–Crippen LogP) is 1.97. The minimum Gasteiger partial charge on any atom is -0.490 e. The number of hydrazone groups is 1. The van der Waals surface area contributed by atoms with Crippen LogP contribution in [-0.2, 0) is 4.79 Å². The third-order valence-electron chi connectivity index (χ3n) is 5.30. The lowest BCUT2D eigenvalue weighted by Gasteiger charge is -2.31. The first-order valence-electron chi connectivity index (χ1n) is 9.76. The number of benzene rings is 2. The number of rotatable bonds is 4. The maximum Gasteiger partial charge on any atom is 0.219 e. The number of ether oxygens (including phenoxy) is 1. The molecule has 0 spiro atoms. The number of piperidine rings is 1. The molecule has 4 rings (SSSR count). The molecule has 1 fully saturated rings. The summed E-state index contributed by atoms with van der Waals surface area (Å²) in [5.41, 5.74) is 4.76. The number of amidine groups is 1. The Morgan fingerprint density at radius 1 is 1.27 bits per heavy atom. The molecule has 0 bridgehead atoms. The highest BCUT2D eigenvalue weighted by Gasteiger charge is 2.22. The molecule has 9 nitrogen and oxygen atoms in total. The topological polar surface area (TPSA) is 132 Å². The molecule has 1 aromatic heterocycles. The van der Waals surface area contributed by atoms with Gasteiger partial charge in [-0.2, -0.15) is 5.10 Å². The molecule has 0 saturated carbocycles. The fourth-order valence-electron chi connectivity index (χ4n) is 3.68. The van der Waals surface area contributed by atoms with Crippen molar-refractivity contribution >= 4 is 22.6 Å². The highest BCUT2D eigenvalue weighted by Crippen LogP contribution is 2.32. The summed E-state index contributed by atoms with van der Waals surface area (Å²) in [4.78, 5) is 13.3. The molecule has 1 aliphatic rings. The van der Waals surface area contributed by atoms with E-state index in [4.69, 9.17) is 20.9 Å². The van der Waals surface area contributed by atoms with Crippen molar-refractivity contribution in [2.75, 3.05) is 13.1 Å². The molecule has 0 unspecified atom stereocenters. The highest BCUT2D eigenvalue weighted by atomic mass is 16.5. The summed E-state index contributed by atoms with van der Waals surface area (Å²) in [6.07, 6.45) is 1.70. The predicted molar refractivity (Wildman–Crippen MR) is 113 cm³/mol. The lowest BCUT2D eigenvalue weighted by Crippen LogP contribution is -2.40. The third kappa shape index (κ3) is 3.92. The zero-order chi connectivity index (χ0) is 21.1. The van der Waals surface area contributed by atoms with Crippen LogP contribution in [0, 0.1) is 0 Å². The van der Waals surface area contributed by atoms with Gasteiger partial charge in [-0.1, -0.05) is 17.3 Å². The van der Waals surface area contributed by atoms with Crippen LogP contribution >= 0.6 is 0 Å². The summed E-state index contributed by atoms with van der Waals surface area (Å²) in [6, 6.07) is 13.2. The molecule has 0 atom stereocenters. The normalized spacial score (nSPS) is 15.4. The maximum absolute atomic E-state index is 11.5. The van der Waals surface area contributed by atoms with Gasteiger partial charge in [-0.3, -0.25) is 4.79 Å². The molecule has 2 aromatic carbocycles. The Morgan fingerprint density at radius 3 is 2.77 bits per heavy atom. The molecule has 0 aliphatic carbocycles. The van der Waals surface area contributed by atoms with Crippen LogP contribution in [0.1, 0.15) is 25.3 Å². The van der Waals surface area contributed by atoms with Gasteiger partial charge in [0.25, 0.3) is 0 Å². The van der Waals surface area contributed by atoms with E-state index in [1.807, 2.05) is 47.4 Å². The second-order valence-corrected chi connectivity index (χ2v) is 7.22. The zero-order valence-corrected chi connectivity index (χ0v) is 16.7. The largest absolute Gasteiger partial charge is 0.490 e. The van der Waals surface area contributed by atoms with Gasteiger partial charge in [-0.25, -0.2) is 5.84 Å². The van der Waals surface area contributed by atoms with E-state index in [0.29, 0.717) is 17.1 Å². The van der Waals surface area contributed by atoms with Crippen molar-refractivity contribution < 1.29 is 14.1 Å². The third-order valence-corrected chi connectivity index (χ3v) is 5.30. The monoisotopic (exact) mass is 408 g/mol. The van der Waals surface area contributed by atoms with E-state index in [2.05, 4.69) is 15.7 Å². The van der Waals surface area contributed by atoms with Gasteiger partial charge in [0.15, 0.2) is 11.6 Å². The van der Waals surface area contributed by atoms with Gasteiger partial charge in [0.05, 0.1) is 5.39 Å². The molecule has 2 heterocycles. The first-order valence-corrected chi connectivity index (χ1v) is 9.76. The quantitative estimate of drug-likeness (QED) is 0.260. The number of nitrogens with two attached hydrogens (primary N) is 2. The minimum atomic E-state index is 0.0767. The number of nitrogens with one attached hydrogen (secondary N) is 1. The van der Waals surface area contributed by atoms with Crippen molar-refractivity contribution in [3.63, 3.8) is 0 Å². The van der Waals surface area contributed by atoms with Gasteiger partial charge in [0.2, 0.25) is 5.91 Å². The van der Waals surface area contributed by atoms with Gasteiger partial charge >= 0.3 is 0 Å². The van der Waals surface area contributed by atoms with Crippen LogP contribution in [0.2, 0.25) is 0 Å². The van der Waals surface area contributed by atoms with Gasteiger partial charge in [-0.15, -0.1) is 0 Å². The highest BCUT2D eigenvalue weighted by molar-refractivity contribution is 6.03. The number of carbonyl (C=O) groups excluding carboxylic acids is 1. The van der Waals surface area contributed by atoms with E-state index in [0.717, 1.165) is 48.2 Å². The number of fused-ring (bicyclic) bond motifs is 1. The molecule has 1 aliphatic heterocycles. The van der Waals surface area contributed by atoms with Crippen molar-refractivity contribution in [2.45, 2.75) is 25.9 Å². The van der Waals surface area contributed by atoms with Crippen molar-refractivity contribution in [3.8, 4) is 17.1 Å². The van der Waals surface area contributed by atoms with Crippen LogP contribution in [0.15, 0.2) is 52.1 Å². The van der Waals surface area contributed by atoms with Crippen LogP contribution in [-0.4, -0.2) is 41.0 Å². The lowest BCUT2D eigenvalue weighted by molar-refractivity contribution is -0.130. The Labute approximate surface area is 173 Å². The molecular formula is C21H24N6O3. The molecule has 1 saturated heterocycles. The Kier molecular flexibility index (Phi) is 5.53. The summed E-state index contributed by atoms with van der Waals surface area (Å²) in [7, 11) is 0. The molecule has 5 N–H and O–H groups in total. The van der Waals surface area contributed by atoms with E-state index in [1.165, 1.54) is 0 Å². The van der Waals surface area contributed by atoms with Crippen molar-refractivity contribution in [1.82, 2.24) is 15.5 Å². The molecule has 156 valence electrons. The molecule has 30 heavy (non-hydrogen) atoms. The van der Waals surface area contributed by atoms with Gasteiger partial charge < -0.3 is 25.4 Å². The SMILES string of the molecule is CC(=O)N1CCC(Oc2cccc(-c3onc4ccc(/C(=N/N)NN)cc34)c2)CC1. The van der Waals surface area contributed by atoms with Crippen LogP contribution in [0.4, 0.5) is 0 Å². The number of hydrogen-bond donors (Lipinski definition) is 3. The number of carbonyl (C=O) groups is 1. The maximum atomic E-state index is 11.5. The van der Waals surface area contributed by atoms with Gasteiger partial charge in [0, 0.05) is 44.0 Å². The summed E-state index contributed by atoms with van der Waals surface area (Å²) in [5.74, 6) is 12.7. The number of nitrogens with zero attached hydrogens (tertiary/aromatic N) is 3. The van der Waals surface area contributed by atoms with E-state index < -0.39 is 0 Å². The van der Waals surface area contributed by atoms with E-state index in [9.17, 15) is 4.79 Å². The van der Waals surface area contributed by atoms with E-state index in [-0.39, 0.29) is 12.0 Å². The van der Waals surface area contributed by atoms with Crippen molar-refractivity contribution in [1.29, 1.82) is 0 Å². The standard InChI is InChI=1S/C21H24N6O3/c1-13(28)27-9-7-16(8-10-27)29-17-4-2-3-14(11-17)20-18-12-15(21(24-22)25-23)5-6-19(18)26-30-20/h2-6,11-12,16H,7-10,22-23H2,1H3,(H,24,25). The van der Waals surface area contributed by atoms with Crippen LogP contribution in [0.5, 0.6) is 5.75 Å². The van der Waals surface area contributed by atoms with Crippen molar-refractivity contribution in [2.24, 2.45) is 16.8 Å². The number of hydrazine groups is 1. The zero-order valence-electron chi connectivity index (χ0n) is 16.7. The number of likely N-dealkylation sites (tertiary alicyclic amines) is 1. The Hall–Kier alpha value is -3.59. The fourth-order valence-corrected chi connectivity index (χ4v) is 3.68. The smallest absolute Gasteiger partial charge is 0.219 e. The first kappa shape index (κ1) is 19.7. The van der Waals surface area contributed by atoms with Gasteiger partial charge in [-0.05, 0) is 30.3 Å².